The average molecular weight is 256 g/mol. The molecule has 0 unspecified atom stereocenters. The highest BCUT2D eigenvalue weighted by molar-refractivity contribution is 7.89. The molecule has 0 spiro atoms. The number of carbonyl (C=O) groups is 1. The second-order valence-corrected chi connectivity index (χ2v) is 5.98. The van der Waals surface area contributed by atoms with Gasteiger partial charge in [-0.3, -0.25) is 4.79 Å². The van der Waals surface area contributed by atoms with Crippen LogP contribution >= 0.6 is 0 Å². The second kappa shape index (κ2) is 4.44. The van der Waals surface area contributed by atoms with Crippen molar-refractivity contribution >= 4 is 21.5 Å². The molecule has 0 aliphatic heterocycles. The van der Waals surface area contributed by atoms with Crippen LogP contribution in [0.5, 0.6) is 0 Å². The second-order valence-electron chi connectivity index (χ2n) is 4.33. The molecule has 0 amide bonds. The lowest BCUT2D eigenvalue weighted by Crippen LogP contribution is -2.26. The molecule has 0 atom stereocenters. The molecule has 1 aliphatic carbocycles. The van der Waals surface area contributed by atoms with Crippen LogP contribution in [0, 0.1) is 5.92 Å². The molecule has 1 rings (SSSR count). The fourth-order valence-electron chi connectivity index (χ4n) is 1.49. The normalized spacial score (nSPS) is 20.2. The van der Waals surface area contributed by atoms with Crippen LogP contribution in [0.3, 0.4) is 0 Å². The van der Waals surface area contributed by atoms with Crippen molar-refractivity contribution in [3.63, 3.8) is 0 Å². The number of nitrogens with zero attached hydrogens (tertiary/aromatic N) is 1. The topological polar surface area (TPSA) is 89.6 Å². The van der Waals surface area contributed by atoms with Crippen molar-refractivity contribution in [2.75, 3.05) is 6.26 Å². The molecule has 0 aromatic heterocycles. The summed E-state index contributed by atoms with van der Waals surface area (Å²) in [4.78, 5) is 11.8. The predicted molar refractivity (Wildman–Crippen MR) is 67.1 cm³/mol. The summed E-state index contributed by atoms with van der Waals surface area (Å²) in [6.45, 7) is 5.27. The number of hydrogen-bond acceptors (Lipinski definition) is 4. The molecule has 0 heterocycles. The van der Waals surface area contributed by atoms with Gasteiger partial charge < -0.3 is 5.73 Å². The van der Waals surface area contributed by atoms with Crippen molar-refractivity contribution in [3.8, 4) is 0 Å². The molecule has 0 aromatic carbocycles. The van der Waals surface area contributed by atoms with E-state index in [1.54, 1.807) is 6.92 Å². The van der Waals surface area contributed by atoms with Crippen molar-refractivity contribution in [1.29, 1.82) is 0 Å². The highest BCUT2D eigenvalue weighted by Crippen LogP contribution is 2.22. The Kier molecular flexibility index (Phi) is 3.56. The van der Waals surface area contributed by atoms with Crippen LogP contribution in [0.15, 0.2) is 27.3 Å². The van der Waals surface area contributed by atoms with E-state index in [1.165, 1.54) is 6.08 Å². The molecule has 0 bridgehead atoms. The monoisotopic (exact) mass is 256 g/mol. The Morgan fingerprint density at radius 1 is 1.35 bits per heavy atom. The van der Waals surface area contributed by atoms with Gasteiger partial charge in [-0.2, -0.15) is 4.40 Å². The number of nitrogens with two attached hydrogens (primary N) is 1. The zero-order valence-electron chi connectivity index (χ0n) is 10.3. The van der Waals surface area contributed by atoms with E-state index in [0.29, 0.717) is 11.1 Å². The Bertz CT molecular complexity index is 551. The summed E-state index contributed by atoms with van der Waals surface area (Å²) < 4.78 is 25.9. The van der Waals surface area contributed by atoms with Gasteiger partial charge in [0, 0.05) is 11.1 Å². The number of rotatable bonds is 2. The van der Waals surface area contributed by atoms with Crippen molar-refractivity contribution in [3.05, 3.63) is 22.9 Å². The lowest BCUT2D eigenvalue weighted by molar-refractivity contribution is -0.112. The summed E-state index contributed by atoms with van der Waals surface area (Å²) in [6, 6.07) is 0. The summed E-state index contributed by atoms with van der Waals surface area (Å²) in [7, 11) is -3.50. The van der Waals surface area contributed by atoms with Gasteiger partial charge in [-0.05, 0) is 18.9 Å². The Morgan fingerprint density at radius 2 is 1.88 bits per heavy atom. The van der Waals surface area contributed by atoms with Crippen LogP contribution in [0.25, 0.3) is 0 Å². The highest BCUT2D eigenvalue weighted by Gasteiger charge is 2.25. The Balaban J connectivity index is 3.42. The molecule has 0 fully saturated rings. The molecule has 1 aliphatic rings. The van der Waals surface area contributed by atoms with E-state index < -0.39 is 10.0 Å². The first-order chi connectivity index (χ1) is 7.63. The van der Waals surface area contributed by atoms with Crippen molar-refractivity contribution in [2.24, 2.45) is 16.0 Å². The van der Waals surface area contributed by atoms with Gasteiger partial charge in [-0.1, -0.05) is 13.8 Å². The quantitative estimate of drug-likeness (QED) is 0.739. The van der Waals surface area contributed by atoms with Gasteiger partial charge in [0.15, 0.2) is 0 Å². The minimum absolute atomic E-state index is 0.0288. The largest absolute Gasteiger partial charge is 0.395 e. The summed E-state index contributed by atoms with van der Waals surface area (Å²) in [6.07, 6.45) is 2.50. The zero-order valence-corrected chi connectivity index (χ0v) is 11.1. The van der Waals surface area contributed by atoms with E-state index in [9.17, 15) is 13.2 Å². The molecular formula is C11H16N2O3S. The number of sulfonamides is 1. The zero-order chi connectivity index (χ0) is 13.4. The molecule has 6 heteroatoms. The smallest absolute Gasteiger partial charge is 0.250 e. The SMILES string of the molecule is CC1=C(N)C(=O)C(C(C)C)=CC1=NS(C)(=O)=O. The van der Waals surface area contributed by atoms with Crippen LogP contribution in [0.4, 0.5) is 0 Å². The first-order valence-corrected chi connectivity index (χ1v) is 7.01. The fraction of sp³-hybridized carbons (Fsp3) is 0.455. The fourth-order valence-corrected chi connectivity index (χ4v) is 2.03. The van der Waals surface area contributed by atoms with E-state index >= 15 is 0 Å². The Labute approximate surface area is 101 Å². The van der Waals surface area contributed by atoms with Gasteiger partial charge in [-0.25, -0.2) is 8.42 Å². The number of hydrogen-bond donors (Lipinski definition) is 1. The van der Waals surface area contributed by atoms with E-state index in [-0.39, 0.29) is 23.1 Å². The molecule has 0 saturated heterocycles. The van der Waals surface area contributed by atoms with Gasteiger partial charge in [0.1, 0.15) is 0 Å². The maximum atomic E-state index is 11.8. The average Bonchev–Trinajstić information content (AvgIpc) is 2.16. The number of carbonyl (C=O) groups excluding carboxylic acids is 1. The number of allylic oxidation sites excluding steroid dienone is 3. The van der Waals surface area contributed by atoms with Crippen LogP contribution in [-0.2, 0) is 14.8 Å². The molecule has 0 radical (unpaired) electrons. The van der Waals surface area contributed by atoms with Crippen LogP contribution in [0.2, 0.25) is 0 Å². The van der Waals surface area contributed by atoms with Gasteiger partial charge in [0.2, 0.25) is 5.78 Å². The Hall–Kier alpha value is -1.43. The van der Waals surface area contributed by atoms with Crippen LogP contribution in [0.1, 0.15) is 20.8 Å². The first kappa shape index (κ1) is 13.6. The maximum Gasteiger partial charge on any atom is 0.250 e. The molecule has 0 saturated carbocycles. The molecular weight excluding hydrogens is 240 g/mol. The van der Waals surface area contributed by atoms with E-state index in [0.717, 1.165) is 6.26 Å². The molecule has 0 aromatic rings. The molecule has 94 valence electrons. The van der Waals surface area contributed by atoms with Crippen molar-refractivity contribution in [1.82, 2.24) is 0 Å². The van der Waals surface area contributed by atoms with E-state index in [2.05, 4.69) is 4.40 Å². The highest BCUT2D eigenvalue weighted by atomic mass is 32.2. The lowest BCUT2D eigenvalue weighted by Gasteiger charge is -2.18. The predicted octanol–water partition coefficient (Wildman–Crippen LogP) is 0.785. The molecule has 5 nitrogen and oxygen atoms in total. The van der Waals surface area contributed by atoms with Crippen molar-refractivity contribution in [2.45, 2.75) is 20.8 Å². The lowest BCUT2D eigenvalue weighted by atomic mass is 9.88. The minimum atomic E-state index is -3.50. The van der Waals surface area contributed by atoms with Crippen LogP contribution in [-0.4, -0.2) is 26.2 Å². The van der Waals surface area contributed by atoms with E-state index in [4.69, 9.17) is 5.73 Å². The van der Waals surface area contributed by atoms with Crippen molar-refractivity contribution < 1.29 is 13.2 Å². The van der Waals surface area contributed by atoms with E-state index in [1.807, 2.05) is 13.8 Å². The first-order valence-electron chi connectivity index (χ1n) is 5.16. The maximum absolute atomic E-state index is 11.8. The number of Topliss-reactive ketones (excluding diaryl/α,β-unsaturated/α-hetero) is 1. The van der Waals surface area contributed by atoms with Gasteiger partial charge >= 0.3 is 0 Å². The molecule has 2 N–H and O–H groups in total. The summed E-state index contributed by atoms with van der Waals surface area (Å²) in [5.74, 6) is -0.274. The third-order valence-electron chi connectivity index (χ3n) is 2.47. The number of ketones is 1. The standard InChI is InChI=1S/C11H16N2O3S/c1-6(2)8-5-9(13-17(4,15)16)7(3)10(12)11(8)14/h5-6H,12H2,1-4H3. The summed E-state index contributed by atoms with van der Waals surface area (Å²) in [5.41, 5.74) is 6.87. The molecule has 17 heavy (non-hydrogen) atoms. The summed E-state index contributed by atoms with van der Waals surface area (Å²) >= 11 is 0. The van der Waals surface area contributed by atoms with Gasteiger partial charge in [0.25, 0.3) is 10.0 Å². The third-order valence-corrected chi connectivity index (χ3v) is 3.00. The summed E-state index contributed by atoms with van der Waals surface area (Å²) in [5, 5.41) is 0. The Morgan fingerprint density at radius 3 is 2.29 bits per heavy atom. The third kappa shape index (κ3) is 3.03. The minimum Gasteiger partial charge on any atom is -0.395 e. The van der Waals surface area contributed by atoms with Gasteiger partial charge in [-0.15, -0.1) is 0 Å². The van der Waals surface area contributed by atoms with Crippen LogP contribution < -0.4 is 5.73 Å². The van der Waals surface area contributed by atoms with Gasteiger partial charge in [0.05, 0.1) is 17.7 Å².